The van der Waals surface area contributed by atoms with E-state index >= 15 is 0 Å². The highest BCUT2D eigenvalue weighted by Gasteiger charge is 2.34. The van der Waals surface area contributed by atoms with Crippen molar-refractivity contribution in [2.24, 2.45) is 0 Å². The van der Waals surface area contributed by atoms with Gasteiger partial charge in [-0.05, 0) is 114 Å². The molecule has 1 heteroatoms. The van der Waals surface area contributed by atoms with Crippen molar-refractivity contribution in [2.75, 3.05) is 0 Å². The minimum atomic E-state index is 0.142. The van der Waals surface area contributed by atoms with Crippen molar-refractivity contribution in [3.05, 3.63) is 179 Å². The highest BCUT2D eigenvalue weighted by Crippen LogP contribution is 2.54. The van der Waals surface area contributed by atoms with Gasteiger partial charge >= 0.3 is 0 Å². The van der Waals surface area contributed by atoms with E-state index in [4.69, 9.17) is 4.42 Å². The summed E-state index contributed by atoms with van der Waals surface area (Å²) in [5, 5.41) is 10.3. The van der Waals surface area contributed by atoms with E-state index in [1.165, 1.54) is 87.6 Å². The molecule has 1 nitrogen and oxygen atoms in total. The van der Waals surface area contributed by atoms with Crippen LogP contribution in [0.2, 0.25) is 0 Å². The average molecular weight is 599 g/mol. The molecule has 0 radical (unpaired) electrons. The van der Waals surface area contributed by atoms with E-state index < -0.39 is 0 Å². The van der Waals surface area contributed by atoms with Crippen LogP contribution < -0.4 is 0 Å². The molecule has 1 aromatic heterocycles. The monoisotopic (exact) mass is 598 g/mol. The Morgan fingerprint density at radius 2 is 1.02 bits per heavy atom. The summed E-state index contributed by atoms with van der Waals surface area (Å²) < 4.78 is 6.71. The molecule has 0 N–H and O–H groups in total. The maximum atomic E-state index is 6.71. The molecule has 47 heavy (non-hydrogen) atoms. The summed E-state index contributed by atoms with van der Waals surface area (Å²) in [6, 6.07) is 54.2. The fourth-order valence-electron chi connectivity index (χ4n) is 9.17. The number of rotatable bonds is 2. The summed E-state index contributed by atoms with van der Waals surface area (Å²) in [7, 11) is 0. The van der Waals surface area contributed by atoms with Crippen LogP contribution in [0.3, 0.4) is 0 Å². The summed E-state index contributed by atoms with van der Waals surface area (Å²) >= 11 is 0. The van der Waals surface area contributed by atoms with Gasteiger partial charge in [-0.1, -0.05) is 127 Å². The smallest absolute Gasteiger partial charge is 0.136 e. The van der Waals surface area contributed by atoms with E-state index in [2.05, 4.69) is 146 Å². The predicted molar refractivity (Wildman–Crippen MR) is 196 cm³/mol. The van der Waals surface area contributed by atoms with E-state index in [1.807, 2.05) is 0 Å². The standard InChI is InChI=1S/C46H30O/c1-2-12-30-24-33(23-29(30)11-1)43-36-16-8-5-13-31(36)26-41-46(43)39-25-32(19-22-40(39)47-41)42-37-20-17-27-9-3-6-14-34(27)44(37)45-35-15-7-4-10-28(35)18-21-38(42)45/h1-22,25-26,33,42H,23-24H2. The second kappa shape index (κ2) is 9.44. The first-order valence-corrected chi connectivity index (χ1v) is 16.8. The zero-order chi connectivity index (χ0) is 30.6. The van der Waals surface area contributed by atoms with Crippen molar-refractivity contribution < 1.29 is 4.42 Å². The predicted octanol–water partition coefficient (Wildman–Crippen LogP) is 12.1. The van der Waals surface area contributed by atoms with Crippen molar-refractivity contribution in [2.45, 2.75) is 24.7 Å². The maximum absolute atomic E-state index is 6.71. The van der Waals surface area contributed by atoms with E-state index in [9.17, 15) is 0 Å². The Morgan fingerprint density at radius 3 is 1.68 bits per heavy atom. The van der Waals surface area contributed by atoms with Gasteiger partial charge in [0.2, 0.25) is 0 Å². The van der Waals surface area contributed by atoms with Crippen LogP contribution in [-0.2, 0) is 12.8 Å². The van der Waals surface area contributed by atoms with E-state index in [1.54, 1.807) is 0 Å². The summed E-state index contributed by atoms with van der Waals surface area (Å²) in [5.74, 6) is 0.555. The molecule has 0 saturated carbocycles. The van der Waals surface area contributed by atoms with Crippen LogP contribution in [0.25, 0.3) is 65.4 Å². The molecule has 9 aromatic rings. The van der Waals surface area contributed by atoms with Crippen LogP contribution in [0.5, 0.6) is 0 Å². The van der Waals surface area contributed by atoms with Crippen molar-refractivity contribution in [3.63, 3.8) is 0 Å². The molecule has 1 heterocycles. The summed E-state index contributed by atoms with van der Waals surface area (Å²) in [6.07, 6.45) is 2.13. The van der Waals surface area contributed by atoms with Crippen molar-refractivity contribution in [1.82, 2.24) is 0 Å². The third kappa shape index (κ3) is 3.54. The number of benzene rings is 8. The van der Waals surface area contributed by atoms with Crippen LogP contribution in [0.1, 0.15) is 45.2 Å². The second-order valence-corrected chi connectivity index (χ2v) is 13.6. The molecule has 0 aliphatic heterocycles. The minimum absolute atomic E-state index is 0.142. The molecule has 11 rings (SSSR count). The lowest BCUT2D eigenvalue weighted by atomic mass is 9.85. The van der Waals surface area contributed by atoms with Crippen LogP contribution in [0.4, 0.5) is 0 Å². The Bertz CT molecular complexity index is 2650. The Kier molecular flexibility index (Phi) is 5.12. The molecule has 0 atom stereocenters. The van der Waals surface area contributed by atoms with Crippen LogP contribution >= 0.6 is 0 Å². The Labute approximate surface area is 272 Å². The highest BCUT2D eigenvalue weighted by molar-refractivity contribution is 6.14. The van der Waals surface area contributed by atoms with Gasteiger partial charge in [-0.2, -0.15) is 0 Å². The lowest BCUT2D eigenvalue weighted by Gasteiger charge is -2.17. The molecule has 0 unspecified atom stereocenters. The van der Waals surface area contributed by atoms with E-state index in [0.29, 0.717) is 5.92 Å². The third-order valence-corrected chi connectivity index (χ3v) is 11.1. The minimum Gasteiger partial charge on any atom is -0.456 e. The molecular formula is C46H30O. The van der Waals surface area contributed by atoms with Crippen LogP contribution in [0, 0.1) is 0 Å². The molecular weight excluding hydrogens is 569 g/mol. The summed E-state index contributed by atoms with van der Waals surface area (Å²) in [5.41, 5.74) is 13.2. The number of fused-ring (bicyclic) bond motifs is 12. The molecule has 0 spiro atoms. The Hall–Kier alpha value is -5.66. The third-order valence-electron chi connectivity index (χ3n) is 11.1. The van der Waals surface area contributed by atoms with Gasteiger partial charge in [0.25, 0.3) is 0 Å². The van der Waals surface area contributed by atoms with Crippen LogP contribution in [-0.4, -0.2) is 0 Å². The van der Waals surface area contributed by atoms with Gasteiger partial charge in [-0.15, -0.1) is 0 Å². The number of hydrogen-bond donors (Lipinski definition) is 0. The largest absolute Gasteiger partial charge is 0.456 e. The molecule has 0 fully saturated rings. The fraction of sp³-hybridized carbons (Fsp3) is 0.0870. The number of furan rings is 1. The van der Waals surface area contributed by atoms with Gasteiger partial charge in [-0.3, -0.25) is 0 Å². The zero-order valence-corrected chi connectivity index (χ0v) is 25.8. The molecule has 8 aromatic carbocycles. The lowest BCUT2D eigenvalue weighted by Crippen LogP contribution is -2.01. The molecule has 0 bridgehead atoms. The van der Waals surface area contributed by atoms with Gasteiger partial charge in [0, 0.05) is 16.7 Å². The van der Waals surface area contributed by atoms with E-state index in [0.717, 1.165) is 24.0 Å². The van der Waals surface area contributed by atoms with Gasteiger partial charge in [0.05, 0.1) is 0 Å². The maximum Gasteiger partial charge on any atom is 0.136 e. The molecule has 2 aliphatic carbocycles. The number of hydrogen-bond acceptors (Lipinski definition) is 1. The molecule has 2 aliphatic rings. The molecule has 0 amide bonds. The SMILES string of the molecule is c1ccc2c(c1)CC(c1c3ccccc3cc3oc4ccc(C5c6ccc7ccccc7c6-c6c5ccc5ccccc65)cc4c13)C2. The Balaban J connectivity index is 1.19. The first kappa shape index (κ1) is 25.5. The van der Waals surface area contributed by atoms with Gasteiger partial charge < -0.3 is 4.42 Å². The van der Waals surface area contributed by atoms with Gasteiger partial charge in [0.1, 0.15) is 11.2 Å². The van der Waals surface area contributed by atoms with Crippen molar-refractivity contribution >= 4 is 54.3 Å². The lowest BCUT2D eigenvalue weighted by molar-refractivity contribution is 0.668. The van der Waals surface area contributed by atoms with Crippen molar-refractivity contribution in [3.8, 4) is 11.1 Å². The van der Waals surface area contributed by atoms with Crippen LogP contribution in [0.15, 0.2) is 150 Å². The van der Waals surface area contributed by atoms with Crippen molar-refractivity contribution in [1.29, 1.82) is 0 Å². The second-order valence-electron chi connectivity index (χ2n) is 13.6. The van der Waals surface area contributed by atoms with Gasteiger partial charge in [0.15, 0.2) is 0 Å². The highest BCUT2D eigenvalue weighted by atomic mass is 16.3. The first-order valence-electron chi connectivity index (χ1n) is 16.8. The summed E-state index contributed by atoms with van der Waals surface area (Å²) in [6.45, 7) is 0. The van der Waals surface area contributed by atoms with Gasteiger partial charge in [-0.25, -0.2) is 0 Å². The zero-order valence-electron chi connectivity index (χ0n) is 25.8. The average Bonchev–Trinajstić information content (AvgIpc) is 3.82. The normalized spacial score (nSPS) is 14.5. The topological polar surface area (TPSA) is 13.1 Å². The van der Waals surface area contributed by atoms with E-state index in [-0.39, 0.29) is 5.92 Å². The molecule has 220 valence electrons. The summed E-state index contributed by atoms with van der Waals surface area (Å²) in [4.78, 5) is 0. The Morgan fingerprint density at radius 1 is 0.447 bits per heavy atom. The molecule has 0 saturated heterocycles. The first-order chi connectivity index (χ1) is 23.3. The fourth-order valence-corrected chi connectivity index (χ4v) is 9.17. The quantitative estimate of drug-likeness (QED) is 0.193.